The first kappa shape index (κ1) is 14.1. The van der Waals surface area contributed by atoms with E-state index in [1.807, 2.05) is 64.2 Å². The largest absolute Gasteiger partial charge is 0.378 e. The lowest BCUT2D eigenvalue weighted by atomic mass is 10.2. The number of nitrogens with one attached hydrogen (secondary N) is 1. The van der Waals surface area contributed by atoms with E-state index in [0.29, 0.717) is 5.56 Å². The summed E-state index contributed by atoms with van der Waals surface area (Å²) in [5.74, 6) is -0.116. The van der Waals surface area contributed by atoms with Crippen LogP contribution in [0.1, 0.15) is 21.7 Å². The fourth-order valence-electron chi connectivity index (χ4n) is 2.05. The Bertz CT molecular complexity index is 626. The van der Waals surface area contributed by atoms with Gasteiger partial charge < -0.3 is 10.2 Å². The minimum Gasteiger partial charge on any atom is -0.378 e. The molecular weight excluding hydrogens is 252 g/mol. The van der Waals surface area contributed by atoms with Crippen LogP contribution in [0.3, 0.4) is 0 Å². The highest BCUT2D eigenvalue weighted by Gasteiger charge is 2.13. The Balaban J connectivity index is 2.20. The van der Waals surface area contributed by atoms with Crippen LogP contribution in [-0.4, -0.2) is 29.8 Å². The molecule has 0 saturated carbocycles. The zero-order chi connectivity index (χ0) is 14.9. The monoisotopic (exact) mass is 272 g/mol. The van der Waals surface area contributed by atoms with E-state index >= 15 is 0 Å². The molecule has 0 aliphatic carbocycles. The summed E-state index contributed by atoms with van der Waals surface area (Å²) < 4.78 is 1.76. The van der Waals surface area contributed by atoms with Crippen LogP contribution in [0.15, 0.2) is 24.3 Å². The molecule has 2 aromatic rings. The highest BCUT2D eigenvalue weighted by atomic mass is 16.1. The third-order valence-electron chi connectivity index (χ3n) is 3.39. The summed E-state index contributed by atoms with van der Waals surface area (Å²) in [5.41, 5.74) is 4.26. The number of hydrogen-bond acceptors (Lipinski definition) is 3. The van der Waals surface area contributed by atoms with E-state index in [9.17, 15) is 4.79 Å². The Hall–Kier alpha value is -2.30. The number of amides is 1. The number of carbonyl (C=O) groups excluding carboxylic acids is 1. The minimum absolute atomic E-state index is 0.116. The number of anilines is 2. The molecule has 1 heterocycles. The zero-order valence-electron chi connectivity index (χ0n) is 12.6. The molecule has 0 atom stereocenters. The van der Waals surface area contributed by atoms with Gasteiger partial charge in [0, 0.05) is 32.4 Å². The van der Waals surface area contributed by atoms with E-state index in [0.717, 1.165) is 22.8 Å². The molecule has 1 amide bonds. The summed E-state index contributed by atoms with van der Waals surface area (Å²) in [7, 11) is 5.80. The second kappa shape index (κ2) is 5.36. The van der Waals surface area contributed by atoms with Crippen molar-refractivity contribution in [2.24, 2.45) is 7.05 Å². The van der Waals surface area contributed by atoms with Gasteiger partial charge in [0.1, 0.15) is 0 Å². The van der Waals surface area contributed by atoms with Gasteiger partial charge in [-0.1, -0.05) is 0 Å². The Morgan fingerprint density at radius 1 is 1.20 bits per heavy atom. The number of aryl methyl sites for hydroxylation is 2. The fourth-order valence-corrected chi connectivity index (χ4v) is 2.05. The van der Waals surface area contributed by atoms with Crippen molar-refractivity contribution in [3.05, 3.63) is 41.2 Å². The standard InChI is InChI=1S/C15H20N4O/c1-10-14(11(2)19(5)17-10)16-15(20)12-6-8-13(9-7-12)18(3)4/h6-9H,1-5H3,(H,16,20). The first-order valence-corrected chi connectivity index (χ1v) is 6.49. The van der Waals surface area contributed by atoms with Gasteiger partial charge in [0.25, 0.3) is 5.91 Å². The van der Waals surface area contributed by atoms with Crippen molar-refractivity contribution in [1.29, 1.82) is 0 Å². The number of rotatable bonds is 3. The molecule has 0 bridgehead atoms. The zero-order valence-corrected chi connectivity index (χ0v) is 12.6. The van der Waals surface area contributed by atoms with Crippen LogP contribution in [0.4, 0.5) is 11.4 Å². The Morgan fingerprint density at radius 3 is 2.25 bits per heavy atom. The Morgan fingerprint density at radius 2 is 1.80 bits per heavy atom. The van der Waals surface area contributed by atoms with Crippen LogP contribution in [0, 0.1) is 13.8 Å². The number of carbonyl (C=O) groups is 1. The Labute approximate surface area is 119 Å². The second-order valence-electron chi connectivity index (χ2n) is 5.06. The second-order valence-corrected chi connectivity index (χ2v) is 5.06. The SMILES string of the molecule is Cc1nn(C)c(C)c1NC(=O)c1ccc(N(C)C)cc1. The van der Waals surface area contributed by atoms with Gasteiger partial charge in [-0.25, -0.2) is 0 Å². The van der Waals surface area contributed by atoms with E-state index in [-0.39, 0.29) is 5.91 Å². The number of aromatic nitrogens is 2. The van der Waals surface area contributed by atoms with Gasteiger partial charge in [-0.2, -0.15) is 5.10 Å². The van der Waals surface area contributed by atoms with Crippen molar-refractivity contribution in [1.82, 2.24) is 9.78 Å². The van der Waals surface area contributed by atoms with Crippen molar-refractivity contribution in [3.63, 3.8) is 0 Å². The molecule has 106 valence electrons. The van der Waals surface area contributed by atoms with Crippen molar-refractivity contribution >= 4 is 17.3 Å². The third kappa shape index (κ3) is 2.66. The average Bonchev–Trinajstić information content (AvgIpc) is 2.65. The maximum atomic E-state index is 12.2. The molecule has 0 unspecified atom stereocenters. The topological polar surface area (TPSA) is 50.2 Å². The number of nitrogens with zero attached hydrogens (tertiary/aromatic N) is 3. The summed E-state index contributed by atoms with van der Waals surface area (Å²) in [6.45, 7) is 3.82. The first-order valence-electron chi connectivity index (χ1n) is 6.49. The molecule has 5 nitrogen and oxygen atoms in total. The lowest BCUT2D eigenvalue weighted by molar-refractivity contribution is 0.102. The van der Waals surface area contributed by atoms with E-state index < -0.39 is 0 Å². The maximum absolute atomic E-state index is 12.2. The van der Waals surface area contributed by atoms with Gasteiger partial charge in [-0.3, -0.25) is 9.48 Å². The molecule has 0 aliphatic heterocycles. The minimum atomic E-state index is -0.116. The summed E-state index contributed by atoms with van der Waals surface area (Å²) in [5, 5.41) is 7.22. The molecule has 2 rings (SSSR count). The molecule has 0 radical (unpaired) electrons. The van der Waals surface area contributed by atoms with Gasteiger partial charge in [0.2, 0.25) is 0 Å². The molecule has 0 spiro atoms. The Kier molecular flexibility index (Phi) is 3.79. The molecule has 1 N–H and O–H groups in total. The molecule has 1 aromatic heterocycles. The quantitative estimate of drug-likeness (QED) is 0.933. The van der Waals surface area contributed by atoms with Gasteiger partial charge in [0.05, 0.1) is 17.1 Å². The first-order chi connectivity index (χ1) is 9.40. The summed E-state index contributed by atoms with van der Waals surface area (Å²) in [4.78, 5) is 14.2. The van der Waals surface area contributed by atoms with Crippen LogP contribution >= 0.6 is 0 Å². The highest BCUT2D eigenvalue weighted by Crippen LogP contribution is 2.20. The third-order valence-corrected chi connectivity index (χ3v) is 3.39. The van der Waals surface area contributed by atoms with E-state index in [1.54, 1.807) is 4.68 Å². The number of benzene rings is 1. The highest BCUT2D eigenvalue weighted by molar-refractivity contribution is 6.05. The van der Waals surface area contributed by atoms with E-state index in [4.69, 9.17) is 0 Å². The molecular formula is C15H20N4O. The summed E-state index contributed by atoms with van der Waals surface area (Å²) in [6.07, 6.45) is 0. The summed E-state index contributed by atoms with van der Waals surface area (Å²) in [6, 6.07) is 7.51. The fraction of sp³-hybridized carbons (Fsp3) is 0.333. The van der Waals surface area contributed by atoms with Crippen LogP contribution in [0.5, 0.6) is 0 Å². The van der Waals surface area contributed by atoms with Crippen molar-refractivity contribution in [3.8, 4) is 0 Å². The van der Waals surface area contributed by atoms with Crippen molar-refractivity contribution in [2.45, 2.75) is 13.8 Å². The molecule has 0 aliphatic rings. The van der Waals surface area contributed by atoms with Gasteiger partial charge in [-0.15, -0.1) is 0 Å². The van der Waals surface area contributed by atoms with Crippen LogP contribution in [-0.2, 0) is 7.05 Å². The lowest BCUT2D eigenvalue weighted by Gasteiger charge is -2.12. The molecule has 20 heavy (non-hydrogen) atoms. The summed E-state index contributed by atoms with van der Waals surface area (Å²) >= 11 is 0. The maximum Gasteiger partial charge on any atom is 0.255 e. The van der Waals surface area contributed by atoms with E-state index in [2.05, 4.69) is 10.4 Å². The molecule has 5 heteroatoms. The van der Waals surface area contributed by atoms with Crippen LogP contribution in [0.25, 0.3) is 0 Å². The molecule has 0 fully saturated rings. The lowest BCUT2D eigenvalue weighted by Crippen LogP contribution is -2.14. The average molecular weight is 272 g/mol. The number of hydrogen-bond donors (Lipinski definition) is 1. The van der Waals surface area contributed by atoms with Crippen molar-refractivity contribution < 1.29 is 4.79 Å². The van der Waals surface area contributed by atoms with Gasteiger partial charge in [-0.05, 0) is 38.1 Å². The molecule has 0 saturated heterocycles. The van der Waals surface area contributed by atoms with E-state index in [1.165, 1.54) is 0 Å². The predicted octanol–water partition coefficient (Wildman–Crippen LogP) is 2.36. The predicted molar refractivity (Wildman–Crippen MR) is 81.4 cm³/mol. The van der Waals surface area contributed by atoms with Crippen LogP contribution in [0.2, 0.25) is 0 Å². The van der Waals surface area contributed by atoms with Crippen LogP contribution < -0.4 is 10.2 Å². The smallest absolute Gasteiger partial charge is 0.255 e. The van der Waals surface area contributed by atoms with Gasteiger partial charge >= 0.3 is 0 Å². The van der Waals surface area contributed by atoms with Gasteiger partial charge in [0.15, 0.2) is 0 Å². The normalized spacial score (nSPS) is 10.4. The van der Waals surface area contributed by atoms with Crippen molar-refractivity contribution in [2.75, 3.05) is 24.3 Å². The molecule has 1 aromatic carbocycles.